The normalized spacial score (nSPS) is 12.4. The third kappa shape index (κ3) is 5.06. The SMILES string of the molecule is CCC(c1nnc(SCc2ccc(-n3cccn3)cc2)n1Cc1ccccc1)N(C)C. The molecule has 0 aliphatic carbocycles. The zero-order valence-electron chi connectivity index (χ0n) is 18.2. The van der Waals surface area contributed by atoms with Crippen molar-refractivity contribution in [2.75, 3.05) is 14.1 Å². The van der Waals surface area contributed by atoms with Crippen molar-refractivity contribution in [3.63, 3.8) is 0 Å². The van der Waals surface area contributed by atoms with E-state index in [1.807, 2.05) is 23.0 Å². The first-order valence-corrected chi connectivity index (χ1v) is 11.5. The van der Waals surface area contributed by atoms with E-state index in [0.717, 1.165) is 35.4 Å². The van der Waals surface area contributed by atoms with Gasteiger partial charge in [0.25, 0.3) is 0 Å². The van der Waals surface area contributed by atoms with Gasteiger partial charge in [0.1, 0.15) is 0 Å². The summed E-state index contributed by atoms with van der Waals surface area (Å²) in [6.45, 7) is 2.97. The molecule has 2 aromatic carbocycles. The summed E-state index contributed by atoms with van der Waals surface area (Å²) in [5, 5.41) is 14.4. The van der Waals surface area contributed by atoms with Crippen molar-refractivity contribution < 1.29 is 0 Å². The molecule has 6 nitrogen and oxygen atoms in total. The van der Waals surface area contributed by atoms with Crippen LogP contribution in [0.3, 0.4) is 0 Å². The number of thioether (sulfide) groups is 1. The first-order valence-electron chi connectivity index (χ1n) is 10.5. The van der Waals surface area contributed by atoms with E-state index in [0.29, 0.717) is 0 Å². The third-order valence-corrected chi connectivity index (χ3v) is 6.35. The summed E-state index contributed by atoms with van der Waals surface area (Å²) in [5.74, 6) is 1.86. The van der Waals surface area contributed by atoms with Gasteiger partial charge in [-0.1, -0.05) is 61.2 Å². The second kappa shape index (κ2) is 9.94. The van der Waals surface area contributed by atoms with Gasteiger partial charge in [-0.05, 0) is 49.8 Å². The largest absolute Gasteiger partial charge is 0.300 e. The monoisotopic (exact) mass is 432 g/mol. The first kappa shape index (κ1) is 21.3. The van der Waals surface area contributed by atoms with E-state index in [1.165, 1.54) is 11.1 Å². The summed E-state index contributed by atoms with van der Waals surface area (Å²) in [5.41, 5.74) is 3.56. The standard InChI is InChI=1S/C24H28N6S/c1-4-22(28(2)3)23-26-27-24(29(23)17-19-9-6-5-7-10-19)31-18-20-11-13-21(14-12-20)30-16-8-15-25-30/h5-16,22H,4,17-18H2,1-3H3. The van der Waals surface area contributed by atoms with Crippen molar-refractivity contribution in [3.05, 3.63) is 90.0 Å². The van der Waals surface area contributed by atoms with Crippen LogP contribution < -0.4 is 0 Å². The molecule has 1 atom stereocenters. The molecule has 0 fully saturated rings. The maximum absolute atomic E-state index is 4.60. The molecule has 0 radical (unpaired) electrons. The van der Waals surface area contributed by atoms with Crippen LogP contribution in [0, 0.1) is 0 Å². The highest BCUT2D eigenvalue weighted by molar-refractivity contribution is 7.98. The topological polar surface area (TPSA) is 51.8 Å². The van der Waals surface area contributed by atoms with Gasteiger partial charge < -0.3 is 4.57 Å². The van der Waals surface area contributed by atoms with Crippen LogP contribution in [0.25, 0.3) is 5.69 Å². The maximum atomic E-state index is 4.60. The Hall–Kier alpha value is -2.90. The van der Waals surface area contributed by atoms with Crippen LogP contribution in [0.1, 0.15) is 36.3 Å². The second-order valence-electron chi connectivity index (χ2n) is 7.71. The summed E-state index contributed by atoms with van der Waals surface area (Å²) in [6, 6.07) is 21.2. The van der Waals surface area contributed by atoms with Crippen molar-refractivity contribution in [3.8, 4) is 5.69 Å². The Morgan fingerprint density at radius 2 is 1.71 bits per heavy atom. The minimum Gasteiger partial charge on any atom is -0.300 e. The maximum Gasteiger partial charge on any atom is 0.191 e. The van der Waals surface area contributed by atoms with Crippen LogP contribution in [0.4, 0.5) is 0 Å². The van der Waals surface area contributed by atoms with Gasteiger partial charge in [-0.3, -0.25) is 4.90 Å². The average Bonchev–Trinajstić information content (AvgIpc) is 3.45. The molecular weight excluding hydrogens is 404 g/mol. The fourth-order valence-electron chi connectivity index (χ4n) is 3.66. The zero-order valence-corrected chi connectivity index (χ0v) is 19.0. The Labute approximate surface area is 187 Å². The summed E-state index contributed by atoms with van der Waals surface area (Å²) in [4.78, 5) is 2.22. The predicted octanol–water partition coefficient (Wildman–Crippen LogP) is 4.82. The van der Waals surface area contributed by atoms with Gasteiger partial charge in [0, 0.05) is 18.1 Å². The number of rotatable bonds is 9. The highest BCUT2D eigenvalue weighted by atomic mass is 32.2. The van der Waals surface area contributed by atoms with Crippen LogP contribution in [-0.2, 0) is 12.3 Å². The number of hydrogen-bond donors (Lipinski definition) is 0. The first-order chi connectivity index (χ1) is 15.2. The molecule has 0 saturated heterocycles. The van der Waals surface area contributed by atoms with Crippen LogP contribution in [0.15, 0.2) is 78.2 Å². The van der Waals surface area contributed by atoms with Crippen LogP contribution >= 0.6 is 11.8 Å². The van der Waals surface area contributed by atoms with Crippen LogP contribution in [-0.4, -0.2) is 43.5 Å². The molecule has 0 N–H and O–H groups in total. The minimum atomic E-state index is 0.235. The summed E-state index contributed by atoms with van der Waals surface area (Å²) in [7, 11) is 4.20. The Bertz CT molecular complexity index is 1070. The lowest BCUT2D eigenvalue weighted by atomic mass is 10.2. The van der Waals surface area contributed by atoms with E-state index < -0.39 is 0 Å². The summed E-state index contributed by atoms with van der Waals surface area (Å²) < 4.78 is 4.14. The van der Waals surface area contributed by atoms with Gasteiger partial charge >= 0.3 is 0 Å². The Kier molecular flexibility index (Phi) is 6.84. The second-order valence-corrected chi connectivity index (χ2v) is 8.65. The van der Waals surface area contributed by atoms with E-state index in [9.17, 15) is 0 Å². The van der Waals surface area contributed by atoms with Gasteiger partial charge in [-0.15, -0.1) is 10.2 Å². The fourth-order valence-corrected chi connectivity index (χ4v) is 4.56. The van der Waals surface area contributed by atoms with Crippen LogP contribution in [0.5, 0.6) is 0 Å². The number of nitrogens with zero attached hydrogens (tertiary/aromatic N) is 6. The molecule has 4 aromatic rings. The molecular formula is C24H28N6S. The summed E-state index contributed by atoms with van der Waals surface area (Å²) in [6.07, 6.45) is 4.73. The van der Waals surface area contributed by atoms with E-state index in [2.05, 4.69) is 94.3 Å². The minimum absolute atomic E-state index is 0.235. The quantitative estimate of drug-likeness (QED) is 0.355. The summed E-state index contributed by atoms with van der Waals surface area (Å²) >= 11 is 1.73. The molecule has 0 saturated carbocycles. The average molecular weight is 433 g/mol. The Morgan fingerprint density at radius 3 is 2.35 bits per heavy atom. The van der Waals surface area contributed by atoms with Gasteiger partial charge in [0.15, 0.2) is 11.0 Å². The van der Waals surface area contributed by atoms with Crippen molar-refractivity contribution in [1.82, 2.24) is 29.4 Å². The van der Waals surface area contributed by atoms with E-state index in [-0.39, 0.29) is 6.04 Å². The molecule has 1 unspecified atom stereocenters. The molecule has 2 heterocycles. The molecule has 0 aliphatic rings. The van der Waals surface area contributed by atoms with Gasteiger partial charge in [0.2, 0.25) is 0 Å². The van der Waals surface area contributed by atoms with Crippen LogP contribution in [0.2, 0.25) is 0 Å². The van der Waals surface area contributed by atoms with Crippen molar-refractivity contribution >= 4 is 11.8 Å². The third-order valence-electron chi connectivity index (χ3n) is 5.31. The lowest BCUT2D eigenvalue weighted by Gasteiger charge is -2.23. The van der Waals surface area contributed by atoms with E-state index in [4.69, 9.17) is 0 Å². The van der Waals surface area contributed by atoms with Crippen molar-refractivity contribution in [1.29, 1.82) is 0 Å². The molecule has 160 valence electrons. The molecule has 2 aromatic heterocycles. The Balaban J connectivity index is 1.55. The van der Waals surface area contributed by atoms with Crippen molar-refractivity contribution in [2.24, 2.45) is 0 Å². The fraction of sp³-hybridized carbons (Fsp3) is 0.292. The number of hydrogen-bond acceptors (Lipinski definition) is 5. The molecule has 7 heteroatoms. The van der Waals surface area contributed by atoms with E-state index >= 15 is 0 Å². The smallest absolute Gasteiger partial charge is 0.191 e. The number of aromatic nitrogens is 5. The Morgan fingerprint density at radius 1 is 0.935 bits per heavy atom. The molecule has 4 rings (SSSR count). The predicted molar refractivity (Wildman–Crippen MR) is 125 cm³/mol. The lowest BCUT2D eigenvalue weighted by molar-refractivity contribution is 0.272. The highest BCUT2D eigenvalue weighted by Gasteiger charge is 2.22. The highest BCUT2D eigenvalue weighted by Crippen LogP contribution is 2.28. The van der Waals surface area contributed by atoms with Gasteiger partial charge in [0.05, 0.1) is 18.3 Å². The van der Waals surface area contributed by atoms with Gasteiger partial charge in [-0.2, -0.15) is 5.10 Å². The zero-order chi connectivity index (χ0) is 21.6. The molecule has 0 bridgehead atoms. The lowest BCUT2D eigenvalue weighted by Crippen LogP contribution is -2.23. The van der Waals surface area contributed by atoms with Gasteiger partial charge in [-0.25, -0.2) is 4.68 Å². The molecule has 0 aliphatic heterocycles. The number of benzene rings is 2. The molecule has 31 heavy (non-hydrogen) atoms. The molecule has 0 spiro atoms. The van der Waals surface area contributed by atoms with Crippen molar-refractivity contribution in [2.45, 2.75) is 36.8 Å². The van der Waals surface area contributed by atoms with E-state index in [1.54, 1.807) is 18.0 Å². The molecule has 0 amide bonds.